The van der Waals surface area contributed by atoms with Crippen LogP contribution in [0.15, 0.2) is 11.4 Å². The highest BCUT2D eigenvalue weighted by molar-refractivity contribution is 6.28. The molecule has 19 heavy (non-hydrogen) atoms. The molecule has 0 aliphatic rings. The first kappa shape index (κ1) is 14.8. The van der Waals surface area contributed by atoms with Gasteiger partial charge < -0.3 is 20.0 Å². The number of carbonyl (C=O) groups is 1. The zero-order valence-corrected chi connectivity index (χ0v) is 10.9. The highest BCUT2D eigenvalue weighted by Gasteiger charge is 2.12. The summed E-state index contributed by atoms with van der Waals surface area (Å²) in [6.07, 6.45) is 0.527. The van der Waals surface area contributed by atoms with Crippen molar-refractivity contribution in [2.75, 3.05) is 19.0 Å². The van der Waals surface area contributed by atoms with E-state index in [2.05, 4.69) is 30.5 Å². The summed E-state index contributed by atoms with van der Waals surface area (Å²) < 4.78 is 9.59. The average molecular weight is 290 g/mol. The van der Waals surface area contributed by atoms with Crippen LogP contribution < -0.4 is 15.4 Å². The van der Waals surface area contributed by atoms with E-state index < -0.39 is 6.09 Å². The monoisotopic (exact) mass is 289 g/mol. The van der Waals surface area contributed by atoms with Crippen LogP contribution in [0.5, 0.6) is 5.75 Å². The molecule has 0 unspecified atom stereocenters. The van der Waals surface area contributed by atoms with E-state index in [1.54, 1.807) is 6.92 Å². The van der Waals surface area contributed by atoms with Gasteiger partial charge in [-0.05, 0) is 18.5 Å². The van der Waals surface area contributed by atoms with Gasteiger partial charge in [-0.3, -0.25) is 5.32 Å². The maximum atomic E-state index is 11.2. The van der Waals surface area contributed by atoms with E-state index in [4.69, 9.17) is 21.5 Å². The number of ether oxygens (including phenoxy) is 2. The van der Waals surface area contributed by atoms with Crippen LogP contribution in [-0.2, 0) is 4.74 Å². The topological polar surface area (TPSA) is 118 Å². The molecule has 0 bridgehead atoms. The third-order valence-electron chi connectivity index (χ3n) is 1.78. The van der Waals surface area contributed by atoms with Crippen molar-refractivity contribution in [1.29, 1.82) is 0 Å². The minimum atomic E-state index is -0.790. The lowest BCUT2D eigenvalue weighted by atomic mass is 10.5. The first-order valence-electron chi connectivity index (χ1n) is 5.10. The fourth-order valence-corrected chi connectivity index (χ4v) is 1.18. The van der Waals surface area contributed by atoms with Crippen molar-refractivity contribution in [3.8, 4) is 5.75 Å². The number of carbonyl (C=O) groups excluding carboxylic acids is 1. The molecule has 3 N–H and O–H groups in total. The normalized spacial score (nSPS) is 10.8. The number of aromatic nitrogens is 2. The first-order chi connectivity index (χ1) is 9.10. The Kier molecular flexibility index (Phi) is 5.61. The van der Waals surface area contributed by atoms with Crippen molar-refractivity contribution in [1.82, 2.24) is 15.3 Å². The van der Waals surface area contributed by atoms with Crippen molar-refractivity contribution in [3.05, 3.63) is 11.5 Å². The summed E-state index contributed by atoms with van der Waals surface area (Å²) in [5.74, 6) is 0.0647. The van der Waals surface area contributed by atoms with E-state index in [1.165, 1.54) is 13.3 Å². The van der Waals surface area contributed by atoms with Crippen LogP contribution >= 0.6 is 11.6 Å². The molecule has 0 saturated carbocycles. The second kappa shape index (κ2) is 7.21. The fraction of sp³-hybridized carbons (Fsp3) is 0.333. The van der Waals surface area contributed by atoms with Crippen LogP contribution in [0, 0.1) is 0 Å². The van der Waals surface area contributed by atoms with Gasteiger partial charge in [-0.2, -0.15) is 4.98 Å². The van der Waals surface area contributed by atoms with Gasteiger partial charge in [0.2, 0.25) is 11.2 Å². The van der Waals surface area contributed by atoms with Crippen LogP contribution in [0.4, 0.5) is 10.6 Å². The zero-order chi connectivity index (χ0) is 14.3. The van der Waals surface area contributed by atoms with Crippen LogP contribution in [0.1, 0.15) is 6.92 Å². The lowest BCUT2D eigenvalue weighted by molar-refractivity contribution is 0.157. The molecule has 0 aliphatic carbocycles. The van der Waals surface area contributed by atoms with Gasteiger partial charge in [0.05, 0.1) is 19.9 Å². The van der Waals surface area contributed by atoms with Gasteiger partial charge >= 0.3 is 6.09 Å². The number of amides is 1. The second-order valence-corrected chi connectivity index (χ2v) is 3.31. The number of anilines is 1. The number of methoxy groups -OCH3 is 1. The number of oxime groups is 1. The van der Waals surface area contributed by atoms with Gasteiger partial charge in [0.1, 0.15) is 0 Å². The minimum Gasteiger partial charge on any atom is -0.491 e. The molecular weight excluding hydrogens is 278 g/mol. The van der Waals surface area contributed by atoms with E-state index in [9.17, 15) is 4.79 Å². The first-order valence-corrected chi connectivity index (χ1v) is 5.47. The Morgan fingerprint density at radius 2 is 2.37 bits per heavy atom. The predicted octanol–water partition coefficient (Wildman–Crippen LogP) is 1.04. The van der Waals surface area contributed by atoms with Gasteiger partial charge in [-0.15, -0.1) is 0 Å². The van der Waals surface area contributed by atoms with Crippen molar-refractivity contribution >= 4 is 29.5 Å². The third-order valence-corrected chi connectivity index (χ3v) is 1.96. The molecule has 0 spiro atoms. The second-order valence-electron chi connectivity index (χ2n) is 2.98. The SMILES string of the molecule is CCOC(=O)N/C(=N\O)Nc1nc(Cl)ncc1OC. The summed E-state index contributed by atoms with van der Waals surface area (Å²) in [4.78, 5) is 18.7. The number of nitrogens with one attached hydrogen (secondary N) is 2. The molecule has 0 saturated heterocycles. The van der Waals surface area contributed by atoms with Crippen LogP contribution in [0.25, 0.3) is 0 Å². The Bertz CT molecular complexity index is 482. The summed E-state index contributed by atoms with van der Waals surface area (Å²) in [5.41, 5.74) is 0. The zero-order valence-electron chi connectivity index (χ0n) is 10.2. The van der Waals surface area contributed by atoms with Crippen molar-refractivity contribution in [3.63, 3.8) is 0 Å². The van der Waals surface area contributed by atoms with Crippen molar-refractivity contribution < 1.29 is 19.5 Å². The predicted molar refractivity (Wildman–Crippen MR) is 66.6 cm³/mol. The minimum absolute atomic E-state index is 0.0447. The molecule has 0 atom stereocenters. The maximum absolute atomic E-state index is 11.2. The van der Waals surface area contributed by atoms with Crippen molar-refractivity contribution in [2.24, 2.45) is 5.16 Å². The summed E-state index contributed by atoms with van der Waals surface area (Å²) >= 11 is 5.62. The molecule has 104 valence electrons. The van der Waals surface area contributed by atoms with Crippen LogP contribution in [0.2, 0.25) is 5.28 Å². The average Bonchev–Trinajstić information content (AvgIpc) is 2.38. The number of rotatable bonds is 3. The largest absolute Gasteiger partial charge is 0.491 e. The number of halogens is 1. The van der Waals surface area contributed by atoms with E-state index in [1.807, 2.05) is 0 Å². The number of hydrogen-bond donors (Lipinski definition) is 3. The molecule has 9 nitrogen and oxygen atoms in total. The Morgan fingerprint density at radius 1 is 1.63 bits per heavy atom. The molecule has 1 amide bonds. The summed E-state index contributed by atoms with van der Waals surface area (Å²) in [6.45, 7) is 1.81. The molecule has 0 fully saturated rings. The quantitative estimate of drug-likeness (QED) is 0.250. The Labute approximate surface area is 113 Å². The number of guanidine groups is 1. The standard InChI is InChI=1S/C9H12ClN5O4/c1-3-19-9(16)14-8(15-17)13-6-5(18-2)4-11-7(10)12-6/h4,17H,3H2,1-2H3,(H2,11,12,13,14,15,16). The van der Waals surface area contributed by atoms with Crippen LogP contribution in [0.3, 0.4) is 0 Å². The smallest absolute Gasteiger partial charge is 0.414 e. The lowest BCUT2D eigenvalue weighted by Crippen LogP contribution is -2.36. The van der Waals surface area contributed by atoms with Crippen molar-refractivity contribution in [2.45, 2.75) is 6.92 Å². The van der Waals surface area contributed by atoms with E-state index in [0.29, 0.717) is 0 Å². The number of hydrogen-bond acceptors (Lipinski definition) is 7. The molecule has 1 aromatic heterocycles. The molecule has 1 aromatic rings. The summed E-state index contributed by atoms with van der Waals surface area (Å²) in [6, 6.07) is 0. The molecule has 0 radical (unpaired) electrons. The van der Waals surface area contributed by atoms with E-state index in [-0.39, 0.29) is 29.4 Å². The van der Waals surface area contributed by atoms with E-state index >= 15 is 0 Å². The van der Waals surface area contributed by atoms with Gasteiger partial charge in [-0.25, -0.2) is 9.78 Å². The maximum Gasteiger partial charge on any atom is 0.414 e. The molecule has 0 aromatic carbocycles. The molecule has 1 rings (SSSR count). The molecule has 10 heteroatoms. The van der Waals surface area contributed by atoms with Gasteiger partial charge in [0.25, 0.3) is 0 Å². The number of nitrogens with zero attached hydrogens (tertiary/aromatic N) is 3. The molecular formula is C9H12ClN5O4. The summed E-state index contributed by atoms with van der Waals surface area (Å²) in [5, 5.41) is 16.2. The lowest BCUT2D eigenvalue weighted by Gasteiger charge is -2.11. The Balaban J connectivity index is 2.81. The highest BCUT2D eigenvalue weighted by atomic mass is 35.5. The van der Waals surface area contributed by atoms with Crippen LogP contribution in [-0.4, -0.2) is 40.9 Å². The van der Waals surface area contributed by atoms with Gasteiger partial charge in [-0.1, -0.05) is 5.16 Å². The van der Waals surface area contributed by atoms with E-state index in [0.717, 1.165) is 0 Å². The third kappa shape index (κ3) is 4.47. The Morgan fingerprint density at radius 3 is 2.95 bits per heavy atom. The fourth-order valence-electron chi connectivity index (χ4n) is 1.05. The van der Waals surface area contributed by atoms with Gasteiger partial charge in [0, 0.05) is 0 Å². The number of alkyl carbamates (subject to hydrolysis) is 1. The summed E-state index contributed by atoms with van der Waals surface area (Å²) in [7, 11) is 1.40. The highest BCUT2D eigenvalue weighted by Crippen LogP contribution is 2.21. The van der Waals surface area contributed by atoms with Gasteiger partial charge in [0.15, 0.2) is 11.6 Å². The Hall–Kier alpha value is -2.29. The molecule has 0 aliphatic heterocycles. The molecule has 1 heterocycles.